The van der Waals surface area contributed by atoms with Crippen molar-refractivity contribution in [1.29, 1.82) is 0 Å². The summed E-state index contributed by atoms with van der Waals surface area (Å²) in [4.78, 5) is 0. The highest BCUT2D eigenvalue weighted by Gasteiger charge is 2.11. The molecule has 3 N–H and O–H groups in total. The van der Waals surface area contributed by atoms with Crippen LogP contribution in [0.2, 0.25) is 0 Å². The molecule has 0 fully saturated rings. The maximum absolute atomic E-state index is 12.4. The molecule has 0 radical (unpaired) electrons. The van der Waals surface area contributed by atoms with E-state index in [1.54, 1.807) is 6.92 Å². The summed E-state index contributed by atoms with van der Waals surface area (Å²) >= 11 is 0. The molecular weight excluding hydrogens is 156 g/mol. The molecule has 0 bridgehead atoms. The molecule has 0 saturated carbocycles. The SMILES string of the molecule is C[C@@H](N)[C@H](O)c1ccc([18F])cc1. The molecule has 0 saturated heterocycles. The van der Waals surface area contributed by atoms with Gasteiger partial charge in [0.15, 0.2) is 0 Å². The van der Waals surface area contributed by atoms with Gasteiger partial charge in [-0.1, -0.05) is 12.1 Å². The predicted octanol–water partition coefficient (Wildman–Crippen LogP) is 1.21. The van der Waals surface area contributed by atoms with Crippen LogP contribution in [0.15, 0.2) is 24.3 Å². The van der Waals surface area contributed by atoms with Gasteiger partial charge in [0.05, 0.1) is 6.10 Å². The molecule has 0 unspecified atom stereocenters. The van der Waals surface area contributed by atoms with E-state index in [1.165, 1.54) is 24.3 Å². The summed E-state index contributed by atoms with van der Waals surface area (Å²) in [5.41, 5.74) is 6.11. The van der Waals surface area contributed by atoms with Crippen LogP contribution in [-0.4, -0.2) is 11.1 Å². The van der Waals surface area contributed by atoms with Crippen molar-refractivity contribution in [3.8, 4) is 0 Å². The Balaban J connectivity index is 2.82. The van der Waals surface area contributed by atoms with E-state index in [0.29, 0.717) is 5.56 Å². The number of halogens is 1. The molecule has 2 atom stereocenters. The fourth-order valence-electron chi connectivity index (χ4n) is 0.964. The lowest BCUT2D eigenvalue weighted by molar-refractivity contribution is 0.153. The van der Waals surface area contributed by atoms with Crippen molar-refractivity contribution in [2.24, 2.45) is 5.73 Å². The molecule has 0 amide bonds. The number of rotatable bonds is 2. The van der Waals surface area contributed by atoms with Crippen LogP contribution in [0.5, 0.6) is 0 Å². The smallest absolute Gasteiger partial charge is 0.123 e. The van der Waals surface area contributed by atoms with E-state index in [0.717, 1.165) is 0 Å². The van der Waals surface area contributed by atoms with Crippen LogP contribution in [0.25, 0.3) is 0 Å². The molecule has 1 aromatic carbocycles. The van der Waals surface area contributed by atoms with Crippen molar-refractivity contribution < 1.29 is 9.50 Å². The highest BCUT2D eigenvalue weighted by atomic mass is 18.2. The maximum Gasteiger partial charge on any atom is 0.123 e. The highest BCUT2D eigenvalue weighted by molar-refractivity contribution is 5.19. The molecule has 1 aromatic rings. The topological polar surface area (TPSA) is 46.2 Å². The van der Waals surface area contributed by atoms with E-state index in [1.807, 2.05) is 0 Å². The van der Waals surface area contributed by atoms with Gasteiger partial charge in [0.25, 0.3) is 0 Å². The Morgan fingerprint density at radius 1 is 1.33 bits per heavy atom. The first-order valence-corrected chi connectivity index (χ1v) is 3.80. The fraction of sp³-hybridized carbons (Fsp3) is 0.333. The summed E-state index contributed by atoms with van der Waals surface area (Å²) in [6.07, 6.45) is -0.717. The first kappa shape index (κ1) is 9.16. The third-order valence-corrected chi connectivity index (χ3v) is 1.71. The second-order valence-corrected chi connectivity index (χ2v) is 2.86. The van der Waals surface area contributed by atoms with E-state index in [2.05, 4.69) is 0 Å². The van der Waals surface area contributed by atoms with Gasteiger partial charge in [0.1, 0.15) is 5.82 Å². The molecule has 3 heteroatoms. The normalized spacial score (nSPS) is 15.7. The Morgan fingerprint density at radius 2 is 1.83 bits per heavy atom. The van der Waals surface area contributed by atoms with Gasteiger partial charge >= 0.3 is 0 Å². The van der Waals surface area contributed by atoms with E-state index in [9.17, 15) is 9.50 Å². The van der Waals surface area contributed by atoms with Crippen molar-refractivity contribution in [3.05, 3.63) is 35.6 Å². The molecule has 0 heterocycles. The van der Waals surface area contributed by atoms with Crippen LogP contribution in [-0.2, 0) is 0 Å². The molecule has 0 aliphatic carbocycles. The molecular formula is C9H12FNO. The van der Waals surface area contributed by atoms with Crippen molar-refractivity contribution in [3.63, 3.8) is 0 Å². The highest BCUT2D eigenvalue weighted by Crippen LogP contribution is 2.15. The summed E-state index contributed by atoms with van der Waals surface area (Å²) in [5.74, 6) is -0.310. The molecule has 0 spiro atoms. The summed E-state index contributed by atoms with van der Waals surface area (Å²) in [7, 11) is 0. The minimum absolute atomic E-state index is 0.310. The average molecular weight is 168 g/mol. The van der Waals surface area contributed by atoms with Crippen LogP contribution in [0.1, 0.15) is 18.6 Å². The van der Waals surface area contributed by atoms with E-state index >= 15 is 0 Å². The van der Waals surface area contributed by atoms with Gasteiger partial charge in [-0.15, -0.1) is 0 Å². The fourth-order valence-corrected chi connectivity index (χ4v) is 0.964. The number of nitrogens with two attached hydrogens (primary N) is 1. The van der Waals surface area contributed by atoms with Gasteiger partial charge in [0.2, 0.25) is 0 Å². The molecule has 12 heavy (non-hydrogen) atoms. The zero-order valence-electron chi connectivity index (χ0n) is 6.87. The van der Waals surface area contributed by atoms with Crippen molar-refractivity contribution in [2.75, 3.05) is 0 Å². The minimum atomic E-state index is -0.717. The monoisotopic (exact) mass is 168 g/mol. The standard InChI is InChI=1S/C9H12FNO/c1-6(11)9(12)7-2-4-8(10)5-3-7/h2-6,9,12H,11H2,1H3/t6-,9+/m1/s1/i10-1. The largest absolute Gasteiger partial charge is 0.387 e. The van der Waals surface area contributed by atoms with Crippen LogP contribution >= 0.6 is 0 Å². The van der Waals surface area contributed by atoms with Gasteiger partial charge in [-0.25, -0.2) is 4.39 Å². The molecule has 1 rings (SSSR count). The van der Waals surface area contributed by atoms with Crippen LogP contribution < -0.4 is 5.73 Å². The van der Waals surface area contributed by atoms with Crippen LogP contribution in [0.4, 0.5) is 4.39 Å². The average Bonchev–Trinajstić information content (AvgIpc) is 2.04. The Morgan fingerprint density at radius 3 is 2.25 bits per heavy atom. The lowest BCUT2D eigenvalue weighted by Crippen LogP contribution is -2.24. The Labute approximate surface area is 70.8 Å². The lowest BCUT2D eigenvalue weighted by Gasteiger charge is -2.14. The van der Waals surface area contributed by atoms with Crippen LogP contribution in [0.3, 0.4) is 0 Å². The van der Waals surface area contributed by atoms with Crippen LogP contribution in [0, 0.1) is 5.82 Å². The van der Waals surface area contributed by atoms with Gasteiger partial charge in [-0.05, 0) is 24.6 Å². The zero-order valence-corrected chi connectivity index (χ0v) is 6.87. The Hall–Kier alpha value is -0.930. The quantitative estimate of drug-likeness (QED) is 0.697. The van der Waals surface area contributed by atoms with Gasteiger partial charge in [-0.3, -0.25) is 0 Å². The van der Waals surface area contributed by atoms with Crippen molar-refractivity contribution in [2.45, 2.75) is 19.1 Å². The first-order valence-electron chi connectivity index (χ1n) is 3.80. The molecule has 0 aliphatic rings. The third-order valence-electron chi connectivity index (χ3n) is 1.71. The first-order chi connectivity index (χ1) is 5.61. The minimum Gasteiger partial charge on any atom is -0.387 e. The number of aliphatic hydroxyl groups is 1. The Bertz CT molecular complexity index is 245. The van der Waals surface area contributed by atoms with Crippen molar-refractivity contribution in [1.82, 2.24) is 0 Å². The van der Waals surface area contributed by atoms with Gasteiger partial charge in [0, 0.05) is 6.04 Å². The number of aliphatic hydroxyl groups excluding tert-OH is 1. The second kappa shape index (κ2) is 3.65. The molecule has 66 valence electrons. The van der Waals surface area contributed by atoms with E-state index in [4.69, 9.17) is 5.73 Å². The molecule has 2 nitrogen and oxygen atoms in total. The van der Waals surface area contributed by atoms with Gasteiger partial charge < -0.3 is 10.8 Å². The summed E-state index contributed by atoms with van der Waals surface area (Å²) in [5, 5.41) is 9.44. The predicted molar refractivity (Wildman–Crippen MR) is 45.0 cm³/mol. The zero-order chi connectivity index (χ0) is 9.14. The summed E-state index contributed by atoms with van der Waals surface area (Å²) in [6, 6.07) is 5.34. The molecule has 0 aromatic heterocycles. The van der Waals surface area contributed by atoms with E-state index < -0.39 is 6.10 Å². The lowest BCUT2D eigenvalue weighted by atomic mass is 10.0. The third kappa shape index (κ3) is 2.03. The van der Waals surface area contributed by atoms with Crippen molar-refractivity contribution >= 4 is 0 Å². The number of benzene rings is 1. The van der Waals surface area contributed by atoms with Gasteiger partial charge in [-0.2, -0.15) is 0 Å². The Kier molecular flexibility index (Phi) is 2.78. The maximum atomic E-state index is 12.4. The van der Waals surface area contributed by atoms with E-state index in [-0.39, 0.29) is 11.9 Å². The number of hydrogen-bond acceptors (Lipinski definition) is 2. The second-order valence-electron chi connectivity index (χ2n) is 2.86. The summed E-state index contributed by atoms with van der Waals surface area (Å²) in [6.45, 7) is 1.70. The molecule has 0 aliphatic heterocycles. The summed E-state index contributed by atoms with van der Waals surface area (Å²) < 4.78 is 12.4. The number of hydrogen-bond donors (Lipinski definition) is 2.